The van der Waals surface area contributed by atoms with Crippen LogP contribution in [-0.2, 0) is 14.3 Å². The van der Waals surface area contributed by atoms with Crippen LogP contribution in [0.4, 0.5) is 17.2 Å². The Kier molecular flexibility index (Phi) is 9.21. The maximum atomic E-state index is 12.6. The number of rotatable bonds is 11. The predicted molar refractivity (Wildman–Crippen MR) is 135 cm³/mol. The SMILES string of the molecule is CCOc1ccc(Nc2ncccc2C(=O)OCC(=O)NCC(=O)Nc2cc(C)ccc2OC)cc1. The number of hydrogen-bond acceptors (Lipinski definition) is 8. The molecule has 0 aliphatic heterocycles. The molecule has 0 aliphatic rings. The van der Waals surface area contributed by atoms with Crippen molar-refractivity contribution in [2.45, 2.75) is 13.8 Å². The Morgan fingerprint density at radius 3 is 2.50 bits per heavy atom. The topological polar surface area (TPSA) is 128 Å². The molecular weight excluding hydrogens is 464 g/mol. The highest BCUT2D eigenvalue weighted by molar-refractivity contribution is 5.98. The third kappa shape index (κ3) is 7.45. The van der Waals surface area contributed by atoms with Gasteiger partial charge in [-0.3, -0.25) is 9.59 Å². The first-order valence-corrected chi connectivity index (χ1v) is 11.2. The molecule has 1 aromatic heterocycles. The Bertz CT molecular complexity index is 1210. The molecule has 3 rings (SSSR count). The summed E-state index contributed by atoms with van der Waals surface area (Å²) in [6.45, 7) is 3.48. The average molecular weight is 493 g/mol. The van der Waals surface area contributed by atoms with E-state index in [0.29, 0.717) is 23.7 Å². The molecule has 3 aromatic rings. The van der Waals surface area contributed by atoms with Gasteiger partial charge in [0, 0.05) is 11.9 Å². The number of amides is 2. The predicted octanol–water partition coefficient (Wildman–Crippen LogP) is 3.45. The van der Waals surface area contributed by atoms with E-state index in [-0.39, 0.29) is 17.9 Å². The summed E-state index contributed by atoms with van der Waals surface area (Å²) < 4.78 is 15.8. The molecule has 3 N–H and O–H groups in total. The number of esters is 1. The van der Waals surface area contributed by atoms with Crippen LogP contribution in [0, 0.1) is 6.92 Å². The molecule has 0 fully saturated rings. The van der Waals surface area contributed by atoms with E-state index in [0.717, 1.165) is 11.3 Å². The van der Waals surface area contributed by atoms with Crippen molar-refractivity contribution in [1.29, 1.82) is 0 Å². The second kappa shape index (κ2) is 12.7. The summed E-state index contributed by atoms with van der Waals surface area (Å²) in [4.78, 5) is 41.1. The fraction of sp³-hybridized carbons (Fsp3) is 0.231. The molecule has 0 spiro atoms. The summed E-state index contributed by atoms with van der Waals surface area (Å²) in [5.74, 6) is -0.312. The molecule has 0 saturated heterocycles. The summed E-state index contributed by atoms with van der Waals surface area (Å²) in [5, 5.41) is 8.15. The van der Waals surface area contributed by atoms with Crippen molar-refractivity contribution >= 4 is 35.0 Å². The molecule has 0 aliphatic carbocycles. The van der Waals surface area contributed by atoms with Crippen LogP contribution in [0.1, 0.15) is 22.8 Å². The molecule has 10 nitrogen and oxygen atoms in total. The van der Waals surface area contributed by atoms with Crippen molar-refractivity contribution in [3.63, 3.8) is 0 Å². The minimum absolute atomic E-state index is 0.156. The van der Waals surface area contributed by atoms with Gasteiger partial charge in [0.1, 0.15) is 22.9 Å². The highest BCUT2D eigenvalue weighted by Crippen LogP contribution is 2.25. The minimum Gasteiger partial charge on any atom is -0.495 e. The summed E-state index contributed by atoms with van der Waals surface area (Å²) in [6, 6.07) is 15.6. The number of carbonyl (C=O) groups is 3. The Labute approximate surface area is 209 Å². The van der Waals surface area contributed by atoms with Gasteiger partial charge in [-0.25, -0.2) is 9.78 Å². The number of aromatic nitrogens is 1. The molecule has 188 valence electrons. The van der Waals surface area contributed by atoms with Gasteiger partial charge in [-0.1, -0.05) is 6.07 Å². The zero-order chi connectivity index (χ0) is 25.9. The fourth-order valence-electron chi connectivity index (χ4n) is 3.16. The summed E-state index contributed by atoms with van der Waals surface area (Å²) >= 11 is 0. The van der Waals surface area contributed by atoms with Crippen molar-refractivity contribution in [3.8, 4) is 11.5 Å². The van der Waals surface area contributed by atoms with Crippen molar-refractivity contribution in [1.82, 2.24) is 10.3 Å². The van der Waals surface area contributed by atoms with Crippen molar-refractivity contribution in [3.05, 3.63) is 71.9 Å². The first-order valence-electron chi connectivity index (χ1n) is 11.2. The van der Waals surface area contributed by atoms with Gasteiger partial charge in [0.05, 0.1) is 25.9 Å². The number of pyridine rings is 1. The Morgan fingerprint density at radius 1 is 1.00 bits per heavy atom. The van der Waals surface area contributed by atoms with Crippen LogP contribution in [0.25, 0.3) is 0 Å². The molecule has 0 atom stereocenters. The lowest BCUT2D eigenvalue weighted by atomic mass is 10.2. The fourth-order valence-corrected chi connectivity index (χ4v) is 3.16. The number of benzene rings is 2. The van der Waals surface area contributed by atoms with E-state index in [9.17, 15) is 14.4 Å². The second-order valence-electron chi connectivity index (χ2n) is 7.59. The first kappa shape index (κ1) is 26.0. The zero-order valence-corrected chi connectivity index (χ0v) is 20.3. The minimum atomic E-state index is -0.736. The lowest BCUT2D eigenvalue weighted by Crippen LogP contribution is -2.35. The third-order valence-corrected chi connectivity index (χ3v) is 4.87. The van der Waals surface area contributed by atoms with Gasteiger partial charge in [0.25, 0.3) is 5.91 Å². The molecule has 2 aromatic carbocycles. The van der Waals surface area contributed by atoms with Gasteiger partial charge in [-0.15, -0.1) is 0 Å². The van der Waals surface area contributed by atoms with Crippen LogP contribution in [-0.4, -0.2) is 49.6 Å². The number of anilines is 3. The van der Waals surface area contributed by atoms with Crippen LogP contribution in [0.2, 0.25) is 0 Å². The third-order valence-electron chi connectivity index (χ3n) is 4.87. The van der Waals surface area contributed by atoms with Crippen molar-refractivity contribution < 1.29 is 28.6 Å². The molecule has 0 unspecified atom stereocenters. The van der Waals surface area contributed by atoms with Gasteiger partial charge >= 0.3 is 5.97 Å². The Hall–Kier alpha value is -4.60. The lowest BCUT2D eigenvalue weighted by Gasteiger charge is -2.12. The van der Waals surface area contributed by atoms with Gasteiger partial charge in [-0.05, 0) is 67.9 Å². The Morgan fingerprint density at radius 2 is 1.78 bits per heavy atom. The van der Waals surface area contributed by atoms with E-state index in [4.69, 9.17) is 14.2 Å². The normalized spacial score (nSPS) is 10.2. The monoisotopic (exact) mass is 492 g/mol. The van der Waals surface area contributed by atoms with E-state index >= 15 is 0 Å². The second-order valence-corrected chi connectivity index (χ2v) is 7.59. The highest BCUT2D eigenvalue weighted by atomic mass is 16.5. The summed E-state index contributed by atoms with van der Waals surface area (Å²) in [6.07, 6.45) is 1.53. The average Bonchev–Trinajstić information content (AvgIpc) is 2.88. The maximum Gasteiger partial charge on any atom is 0.342 e. The molecule has 0 saturated carbocycles. The molecule has 2 amide bonds. The van der Waals surface area contributed by atoms with E-state index in [1.54, 1.807) is 42.5 Å². The molecular formula is C26H28N4O6. The first-order chi connectivity index (χ1) is 17.4. The molecule has 0 radical (unpaired) electrons. The number of nitrogens with one attached hydrogen (secondary N) is 3. The number of ether oxygens (including phenoxy) is 3. The highest BCUT2D eigenvalue weighted by Gasteiger charge is 2.16. The van der Waals surface area contributed by atoms with Gasteiger partial charge < -0.3 is 30.2 Å². The largest absolute Gasteiger partial charge is 0.495 e. The van der Waals surface area contributed by atoms with E-state index in [2.05, 4.69) is 20.9 Å². The summed E-state index contributed by atoms with van der Waals surface area (Å²) in [5.41, 5.74) is 2.28. The molecule has 10 heteroatoms. The van der Waals surface area contributed by atoms with Crippen LogP contribution in [0.15, 0.2) is 60.8 Å². The van der Waals surface area contributed by atoms with Gasteiger partial charge in [-0.2, -0.15) is 0 Å². The van der Waals surface area contributed by atoms with E-state index < -0.39 is 24.4 Å². The quantitative estimate of drug-likeness (QED) is 0.347. The number of carbonyl (C=O) groups excluding carboxylic acids is 3. The van der Waals surface area contributed by atoms with Crippen LogP contribution < -0.4 is 25.4 Å². The summed E-state index contributed by atoms with van der Waals surface area (Å²) in [7, 11) is 1.50. The van der Waals surface area contributed by atoms with E-state index in [1.165, 1.54) is 19.4 Å². The standard InChI is InChI=1S/C26H28N4O6/c1-4-35-19-10-8-18(9-11-19)29-25-20(6-5-13-27-25)26(33)36-16-24(32)28-15-23(31)30-21-14-17(2)7-12-22(21)34-3/h5-14H,4,15-16H2,1-3H3,(H,27,29)(H,28,32)(H,30,31). The van der Waals surface area contributed by atoms with Crippen LogP contribution in [0.3, 0.4) is 0 Å². The van der Waals surface area contributed by atoms with E-state index in [1.807, 2.05) is 19.9 Å². The lowest BCUT2D eigenvalue weighted by molar-refractivity contribution is -0.126. The number of methoxy groups -OCH3 is 1. The van der Waals surface area contributed by atoms with Gasteiger partial charge in [0.15, 0.2) is 6.61 Å². The van der Waals surface area contributed by atoms with Gasteiger partial charge in [0.2, 0.25) is 5.91 Å². The Balaban J connectivity index is 1.51. The maximum absolute atomic E-state index is 12.6. The molecule has 0 bridgehead atoms. The number of nitrogens with zero attached hydrogens (tertiary/aromatic N) is 1. The smallest absolute Gasteiger partial charge is 0.342 e. The van der Waals surface area contributed by atoms with Crippen molar-refractivity contribution in [2.24, 2.45) is 0 Å². The zero-order valence-electron chi connectivity index (χ0n) is 20.3. The molecule has 36 heavy (non-hydrogen) atoms. The number of hydrogen-bond donors (Lipinski definition) is 3. The number of aryl methyl sites for hydroxylation is 1. The molecule has 1 heterocycles. The van der Waals surface area contributed by atoms with Crippen LogP contribution >= 0.6 is 0 Å². The van der Waals surface area contributed by atoms with Crippen molar-refractivity contribution in [2.75, 3.05) is 37.5 Å². The van der Waals surface area contributed by atoms with Crippen LogP contribution in [0.5, 0.6) is 11.5 Å².